The number of aryl methyl sites for hydroxylation is 1. The predicted molar refractivity (Wildman–Crippen MR) is 119 cm³/mol. The molecule has 9 heteroatoms. The minimum Gasteiger partial charge on any atom is -0.366 e. The van der Waals surface area contributed by atoms with E-state index in [1.807, 2.05) is 45.0 Å². The summed E-state index contributed by atoms with van der Waals surface area (Å²) in [6, 6.07) is 7.25. The van der Waals surface area contributed by atoms with Gasteiger partial charge in [-0.2, -0.15) is 0 Å². The highest BCUT2D eigenvalue weighted by atomic mass is 16.2. The molecule has 0 bridgehead atoms. The van der Waals surface area contributed by atoms with Crippen molar-refractivity contribution in [3.8, 4) is 0 Å². The van der Waals surface area contributed by atoms with Crippen molar-refractivity contribution in [1.29, 1.82) is 0 Å². The van der Waals surface area contributed by atoms with Gasteiger partial charge < -0.3 is 27.4 Å². The molecule has 2 rings (SSSR count). The van der Waals surface area contributed by atoms with Gasteiger partial charge in [0, 0.05) is 18.3 Å². The van der Waals surface area contributed by atoms with Gasteiger partial charge in [-0.05, 0) is 51.3 Å². The average Bonchev–Trinajstić information content (AvgIpc) is 2.67. The van der Waals surface area contributed by atoms with E-state index in [9.17, 15) is 9.59 Å². The van der Waals surface area contributed by atoms with Crippen LogP contribution >= 0.6 is 0 Å². The average molecular weight is 414 g/mol. The Morgan fingerprint density at radius 3 is 2.47 bits per heavy atom. The van der Waals surface area contributed by atoms with E-state index in [2.05, 4.69) is 25.9 Å². The van der Waals surface area contributed by atoms with Crippen molar-refractivity contribution in [3.63, 3.8) is 0 Å². The molecule has 7 N–H and O–H groups in total. The fourth-order valence-corrected chi connectivity index (χ4v) is 2.80. The first-order chi connectivity index (χ1) is 14.2. The summed E-state index contributed by atoms with van der Waals surface area (Å²) in [5.74, 6) is 0.0810. The molecule has 0 aliphatic heterocycles. The lowest BCUT2D eigenvalue weighted by molar-refractivity contribution is -0.121. The van der Waals surface area contributed by atoms with Crippen molar-refractivity contribution in [2.24, 2.45) is 11.5 Å². The molecule has 2 aromatic rings. The summed E-state index contributed by atoms with van der Waals surface area (Å²) in [7, 11) is 0. The lowest BCUT2D eigenvalue weighted by Crippen LogP contribution is -2.39. The molecule has 0 spiro atoms. The minimum atomic E-state index is -0.648. The van der Waals surface area contributed by atoms with Gasteiger partial charge in [-0.25, -0.2) is 9.97 Å². The summed E-state index contributed by atoms with van der Waals surface area (Å²) in [5.41, 5.74) is 13.6. The molecule has 0 unspecified atom stereocenters. The molecule has 0 radical (unpaired) electrons. The highest BCUT2D eigenvalue weighted by Gasteiger charge is 2.17. The second-order valence-corrected chi connectivity index (χ2v) is 7.39. The molecule has 1 aromatic heterocycles. The Hall–Kier alpha value is -3.20. The maximum absolute atomic E-state index is 11.9. The fourth-order valence-electron chi connectivity index (χ4n) is 2.80. The standard InChI is InChI=1S/C21H31N7O2/c1-5-16-19(25-12(2)3)28-20(17(27-16)18(23)29)26-15-8-6-7-14(11-15)9-10-24-21(30)13(4)22/h6-8,11-13H,5,9-10,22H2,1-4H3,(H2,23,29)(H,24,30)(H2,25,26,28)/t13-/m0/s1. The summed E-state index contributed by atoms with van der Waals surface area (Å²) in [6.07, 6.45) is 1.25. The van der Waals surface area contributed by atoms with E-state index >= 15 is 0 Å². The Balaban J connectivity index is 2.24. The molecule has 162 valence electrons. The number of rotatable bonds is 10. The highest BCUT2D eigenvalue weighted by Crippen LogP contribution is 2.23. The maximum Gasteiger partial charge on any atom is 0.271 e. The van der Waals surface area contributed by atoms with E-state index in [0.29, 0.717) is 36.7 Å². The van der Waals surface area contributed by atoms with Crippen LogP contribution in [0.2, 0.25) is 0 Å². The third-order valence-electron chi connectivity index (χ3n) is 4.28. The Kier molecular flexibility index (Phi) is 8.11. The number of aromatic nitrogens is 2. The summed E-state index contributed by atoms with van der Waals surface area (Å²) in [6.45, 7) is 8.07. The molecule has 0 saturated heterocycles. The minimum absolute atomic E-state index is 0.0933. The molecule has 1 aromatic carbocycles. The topological polar surface area (TPSA) is 148 Å². The normalized spacial score (nSPS) is 11.8. The Labute approximate surface area is 177 Å². The number of amides is 2. The first-order valence-electron chi connectivity index (χ1n) is 10.1. The van der Waals surface area contributed by atoms with Gasteiger partial charge in [0.15, 0.2) is 11.5 Å². The predicted octanol–water partition coefficient (Wildman–Crippen LogP) is 1.71. The van der Waals surface area contributed by atoms with E-state index in [1.54, 1.807) is 6.92 Å². The lowest BCUT2D eigenvalue weighted by atomic mass is 10.1. The zero-order valence-corrected chi connectivity index (χ0v) is 18.0. The number of nitrogens with one attached hydrogen (secondary N) is 3. The van der Waals surface area contributed by atoms with Gasteiger partial charge in [0.05, 0.1) is 11.7 Å². The van der Waals surface area contributed by atoms with Crippen LogP contribution in [-0.2, 0) is 17.6 Å². The van der Waals surface area contributed by atoms with Gasteiger partial charge in [-0.15, -0.1) is 0 Å². The van der Waals surface area contributed by atoms with Gasteiger partial charge in [0.1, 0.15) is 5.82 Å². The number of hydrogen-bond donors (Lipinski definition) is 5. The Bertz CT molecular complexity index is 897. The molecule has 0 aliphatic rings. The number of carbonyl (C=O) groups excluding carboxylic acids is 2. The molecule has 0 aliphatic carbocycles. The zero-order valence-electron chi connectivity index (χ0n) is 18.0. The molecule has 1 atom stereocenters. The highest BCUT2D eigenvalue weighted by molar-refractivity contribution is 5.96. The van der Waals surface area contributed by atoms with Gasteiger partial charge in [-0.1, -0.05) is 19.1 Å². The third kappa shape index (κ3) is 6.41. The molecular formula is C21H31N7O2. The van der Waals surface area contributed by atoms with Crippen LogP contribution in [-0.4, -0.2) is 40.4 Å². The number of nitrogens with two attached hydrogens (primary N) is 2. The molecule has 30 heavy (non-hydrogen) atoms. The van der Waals surface area contributed by atoms with E-state index < -0.39 is 11.9 Å². The number of anilines is 3. The van der Waals surface area contributed by atoms with Crippen LogP contribution < -0.4 is 27.4 Å². The lowest BCUT2D eigenvalue weighted by Gasteiger charge is -2.17. The van der Waals surface area contributed by atoms with Crippen molar-refractivity contribution >= 4 is 29.1 Å². The van der Waals surface area contributed by atoms with Crippen LogP contribution in [0.5, 0.6) is 0 Å². The SMILES string of the molecule is CCc1nc(C(N)=O)c(Nc2cccc(CCNC(=O)[C@H](C)N)c2)nc1NC(C)C. The Morgan fingerprint density at radius 2 is 1.87 bits per heavy atom. The number of primary amides is 1. The van der Waals surface area contributed by atoms with Crippen molar-refractivity contribution in [2.45, 2.75) is 52.6 Å². The maximum atomic E-state index is 11.9. The molecule has 9 nitrogen and oxygen atoms in total. The summed E-state index contributed by atoms with van der Waals surface area (Å²) >= 11 is 0. The summed E-state index contributed by atoms with van der Waals surface area (Å²) in [5, 5.41) is 9.20. The van der Waals surface area contributed by atoms with Crippen molar-refractivity contribution in [1.82, 2.24) is 15.3 Å². The number of hydrogen-bond acceptors (Lipinski definition) is 7. The number of carbonyl (C=O) groups is 2. The molecular weight excluding hydrogens is 382 g/mol. The van der Waals surface area contributed by atoms with Gasteiger partial charge in [-0.3, -0.25) is 9.59 Å². The largest absolute Gasteiger partial charge is 0.366 e. The van der Waals surface area contributed by atoms with E-state index in [-0.39, 0.29) is 17.6 Å². The van der Waals surface area contributed by atoms with Crippen molar-refractivity contribution in [3.05, 3.63) is 41.2 Å². The number of nitrogens with zero attached hydrogens (tertiary/aromatic N) is 2. The smallest absolute Gasteiger partial charge is 0.271 e. The van der Waals surface area contributed by atoms with Gasteiger partial charge in [0.25, 0.3) is 5.91 Å². The van der Waals surface area contributed by atoms with Crippen LogP contribution in [0, 0.1) is 0 Å². The van der Waals surface area contributed by atoms with Crippen LogP contribution in [0.4, 0.5) is 17.3 Å². The number of benzene rings is 1. The van der Waals surface area contributed by atoms with Crippen molar-refractivity contribution < 1.29 is 9.59 Å². The van der Waals surface area contributed by atoms with Crippen LogP contribution in [0.1, 0.15) is 49.4 Å². The van der Waals surface area contributed by atoms with E-state index in [1.165, 1.54) is 0 Å². The van der Waals surface area contributed by atoms with E-state index in [4.69, 9.17) is 11.5 Å². The van der Waals surface area contributed by atoms with E-state index in [0.717, 1.165) is 11.3 Å². The monoisotopic (exact) mass is 413 g/mol. The van der Waals surface area contributed by atoms with Crippen molar-refractivity contribution in [2.75, 3.05) is 17.2 Å². The quantitative estimate of drug-likeness (QED) is 0.398. The first-order valence-corrected chi connectivity index (χ1v) is 10.1. The first kappa shape index (κ1) is 23.1. The van der Waals surface area contributed by atoms with Crippen LogP contribution in [0.25, 0.3) is 0 Å². The molecule has 0 fully saturated rings. The second kappa shape index (κ2) is 10.5. The Morgan fingerprint density at radius 1 is 1.13 bits per heavy atom. The molecule has 0 saturated carbocycles. The van der Waals surface area contributed by atoms with Crippen LogP contribution in [0.15, 0.2) is 24.3 Å². The summed E-state index contributed by atoms with van der Waals surface area (Å²) < 4.78 is 0. The van der Waals surface area contributed by atoms with Gasteiger partial charge in [0.2, 0.25) is 5.91 Å². The third-order valence-corrected chi connectivity index (χ3v) is 4.28. The zero-order chi connectivity index (χ0) is 22.3. The van der Waals surface area contributed by atoms with Crippen LogP contribution in [0.3, 0.4) is 0 Å². The molecule has 1 heterocycles. The molecule has 2 amide bonds. The fraction of sp³-hybridized carbons (Fsp3) is 0.429. The second-order valence-electron chi connectivity index (χ2n) is 7.39. The summed E-state index contributed by atoms with van der Waals surface area (Å²) in [4.78, 5) is 32.5. The van der Waals surface area contributed by atoms with Gasteiger partial charge >= 0.3 is 0 Å².